The SMILES string of the molecule is CCCCC[C@H]1CC[C@H](c2ccc(C#Cc3ccc(OCCCC)cc3)cc2)CC1. The topological polar surface area (TPSA) is 9.23 Å². The molecular weight excluding hydrogens is 364 g/mol. The molecule has 1 fully saturated rings. The van der Waals surface area contributed by atoms with E-state index in [1.165, 1.54) is 56.9 Å². The van der Waals surface area contributed by atoms with Crippen molar-refractivity contribution in [3.63, 3.8) is 0 Å². The molecule has 2 aromatic rings. The predicted octanol–water partition coefficient (Wildman–Crippen LogP) is 8.12. The van der Waals surface area contributed by atoms with Crippen molar-refractivity contribution in [1.29, 1.82) is 0 Å². The summed E-state index contributed by atoms with van der Waals surface area (Å²) in [5.41, 5.74) is 3.62. The van der Waals surface area contributed by atoms with Gasteiger partial charge in [-0.3, -0.25) is 0 Å². The van der Waals surface area contributed by atoms with Gasteiger partial charge in [-0.05, 0) is 85.9 Å². The second-order valence-electron chi connectivity index (χ2n) is 8.81. The summed E-state index contributed by atoms with van der Waals surface area (Å²) in [6, 6.07) is 17.1. The third-order valence-corrected chi connectivity index (χ3v) is 6.42. The first-order chi connectivity index (χ1) is 14.8. The Bertz CT molecular complexity index is 783. The summed E-state index contributed by atoms with van der Waals surface area (Å²) in [7, 11) is 0. The molecule has 2 aromatic carbocycles. The summed E-state index contributed by atoms with van der Waals surface area (Å²) in [5.74, 6) is 9.23. The van der Waals surface area contributed by atoms with Crippen molar-refractivity contribution in [3.8, 4) is 17.6 Å². The lowest BCUT2D eigenvalue weighted by atomic mass is 9.77. The molecule has 1 nitrogen and oxygen atoms in total. The summed E-state index contributed by atoms with van der Waals surface area (Å²) >= 11 is 0. The third kappa shape index (κ3) is 7.24. The first-order valence-corrected chi connectivity index (χ1v) is 12.1. The van der Waals surface area contributed by atoms with Gasteiger partial charge in [-0.2, -0.15) is 0 Å². The number of ether oxygens (including phenoxy) is 1. The molecule has 0 aromatic heterocycles. The van der Waals surface area contributed by atoms with E-state index in [9.17, 15) is 0 Å². The Hall–Kier alpha value is -2.20. The average Bonchev–Trinajstić information content (AvgIpc) is 2.80. The zero-order chi connectivity index (χ0) is 21.0. The van der Waals surface area contributed by atoms with Gasteiger partial charge < -0.3 is 4.74 Å². The summed E-state index contributed by atoms with van der Waals surface area (Å²) in [6.07, 6.45) is 13.4. The molecule has 0 bridgehead atoms. The van der Waals surface area contributed by atoms with E-state index in [1.54, 1.807) is 0 Å². The highest BCUT2D eigenvalue weighted by Crippen LogP contribution is 2.37. The lowest BCUT2D eigenvalue weighted by Crippen LogP contribution is -2.13. The van der Waals surface area contributed by atoms with Crippen molar-refractivity contribution < 1.29 is 4.74 Å². The van der Waals surface area contributed by atoms with Crippen molar-refractivity contribution in [2.45, 2.75) is 84.0 Å². The highest BCUT2D eigenvalue weighted by Gasteiger charge is 2.21. The van der Waals surface area contributed by atoms with Crippen molar-refractivity contribution in [2.75, 3.05) is 6.61 Å². The van der Waals surface area contributed by atoms with Gasteiger partial charge in [-0.1, -0.05) is 69.9 Å². The largest absolute Gasteiger partial charge is 0.494 e. The molecule has 30 heavy (non-hydrogen) atoms. The van der Waals surface area contributed by atoms with Crippen molar-refractivity contribution in [1.82, 2.24) is 0 Å². The Labute approximate surface area is 184 Å². The predicted molar refractivity (Wildman–Crippen MR) is 128 cm³/mol. The van der Waals surface area contributed by atoms with Crippen LogP contribution in [0, 0.1) is 17.8 Å². The number of hydrogen-bond acceptors (Lipinski definition) is 1. The van der Waals surface area contributed by atoms with Crippen molar-refractivity contribution in [3.05, 3.63) is 65.2 Å². The fourth-order valence-electron chi connectivity index (χ4n) is 4.42. The van der Waals surface area contributed by atoms with Crippen LogP contribution in [0.5, 0.6) is 5.75 Å². The highest BCUT2D eigenvalue weighted by molar-refractivity contribution is 5.45. The molecule has 3 rings (SSSR count). The number of benzene rings is 2. The minimum absolute atomic E-state index is 0.745. The van der Waals surface area contributed by atoms with E-state index < -0.39 is 0 Å². The molecule has 0 atom stereocenters. The Balaban J connectivity index is 1.48. The maximum absolute atomic E-state index is 5.72. The van der Waals surface area contributed by atoms with Crippen LogP contribution in [-0.2, 0) is 0 Å². The van der Waals surface area contributed by atoms with Gasteiger partial charge in [0.25, 0.3) is 0 Å². The van der Waals surface area contributed by atoms with Crippen LogP contribution in [0.3, 0.4) is 0 Å². The van der Waals surface area contributed by atoms with Crippen molar-refractivity contribution in [2.24, 2.45) is 5.92 Å². The van der Waals surface area contributed by atoms with Gasteiger partial charge in [0.2, 0.25) is 0 Å². The van der Waals surface area contributed by atoms with Gasteiger partial charge in [0.1, 0.15) is 5.75 Å². The fraction of sp³-hybridized carbons (Fsp3) is 0.517. The zero-order valence-corrected chi connectivity index (χ0v) is 19.0. The van der Waals surface area contributed by atoms with Gasteiger partial charge in [0.15, 0.2) is 0 Å². The molecule has 1 aliphatic carbocycles. The molecule has 0 unspecified atom stereocenters. The van der Waals surface area contributed by atoms with Crippen LogP contribution in [0.2, 0.25) is 0 Å². The van der Waals surface area contributed by atoms with Crippen LogP contribution in [0.1, 0.15) is 101 Å². The molecule has 0 amide bonds. The monoisotopic (exact) mass is 402 g/mol. The van der Waals surface area contributed by atoms with E-state index in [0.29, 0.717) is 0 Å². The van der Waals surface area contributed by atoms with Crippen LogP contribution >= 0.6 is 0 Å². The average molecular weight is 403 g/mol. The Kier molecular flexibility index (Phi) is 9.36. The molecule has 0 radical (unpaired) electrons. The fourth-order valence-corrected chi connectivity index (χ4v) is 4.42. The van der Waals surface area contributed by atoms with Crippen LogP contribution in [0.15, 0.2) is 48.5 Å². The van der Waals surface area contributed by atoms with Crippen LogP contribution < -0.4 is 4.74 Å². The number of unbranched alkanes of at least 4 members (excludes halogenated alkanes) is 3. The van der Waals surface area contributed by atoms with Gasteiger partial charge in [-0.25, -0.2) is 0 Å². The van der Waals surface area contributed by atoms with Crippen LogP contribution in [0.25, 0.3) is 0 Å². The highest BCUT2D eigenvalue weighted by atomic mass is 16.5. The van der Waals surface area contributed by atoms with E-state index in [2.05, 4.69) is 50.0 Å². The summed E-state index contributed by atoms with van der Waals surface area (Å²) in [6.45, 7) is 5.26. The second-order valence-corrected chi connectivity index (χ2v) is 8.81. The van der Waals surface area contributed by atoms with Crippen LogP contribution in [-0.4, -0.2) is 6.61 Å². The van der Waals surface area contributed by atoms with Crippen LogP contribution in [0.4, 0.5) is 0 Å². The zero-order valence-electron chi connectivity index (χ0n) is 19.0. The quantitative estimate of drug-likeness (QED) is 0.304. The molecule has 0 saturated heterocycles. The number of rotatable bonds is 9. The maximum atomic E-state index is 5.72. The smallest absolute Gasteiger partial charge is 0.119 e. The minimum Gasteiger partial charge on any atom is -0.494 e. The van der Waals surface area contributed by atoms with E-state index in [0.717, 1.165) is 48.2 Å². The maximum Gasteiger partial charge on any atom is 0.119 e. The standard InChI is InChI=1S/C29H38O/c1-3-5-7-8-24-11-17-27(18-12-24)28-19-13-25(14-20-28)9-10-26-15-21-29(22-16-26)30-23-6-4-2/h13-16,19-22,24,27H,3-8,11-12,17-18,23H2,1-2H3/t24-,27-. The third-order valence-electron chi connectivity index (χ3n) is 6.42. The Morgan fingerprint density at radius 1 is 0.733 bits per heavy atom. The lowest BCUT2D eigenvalue weighted by Gasteiger charge is -2.29. The van der Waals surface area contributed by atoms with Gasteiger partial charge in [0, 0.05) is 11.1 Å². The summed E-state index contributed by atoms with van der Waals surface area (Å²) in [5, 5.41) is 0. The van der Waals surface area contributed by atoms with Gasteiger partial charge >= 0.3 is 0 Å². The summed E-state index contributed by atoms with van der Waals surface area (Å²) in [4.78, 5) is 0. The Morgan fingerprint density at radius 3 is 1.93 bits per heavy atom. The molecule has 0 N–H and O–H groups in total. The Morgan fingerprint density at radius 2 is 1.33 bits per heavy atom. The normalized spacial score (nSPS) is 18.5. The lowest BCUT2D eigenvalue weighted by molar-refractivity contribution is 0.303. The van der Waals surface area contributed by atoms with E-state index in [4.69, 9.17) is 4.74 Å². The van der Waals surface area contributed by atoms with Gasteiger partial charge in [0.05, 0.1) is 6.61 Å². The van der Waals surface area contributed by atoms with E-state index >= 15 is 0 Å². The minimum atomic E-state index is 0.745. The molecule has 0 heterocycles. The molecule has 1 saturated carbocycles. The first kappa shape index (κ1) is 22.5. The summed E-state index contributed by atoms with van der Waals surface area (Å²) < 4.78 is 5.72. The molecule has 1 heteroatoms. The molecule has 0 spiro atoms. The molecule has 160 valence electrons. The van der Waals surface area contributed by atoms with Gasteiger partial charge in [-0.15, -0.1) is 0 Å². The van der Waals surface area contributed by atoms with E-state index in [-0.39, 0.29) is 0 Å². The molecule has 0 aliphatic heterocycles. The molecule has 1 aliphatic rings. The van der Waals surface area contributed by atoms with E-state index in [1.807, 2.05) is 24.3 Å². The second kappa shape index (κ2) is 12.5. The first-order valence-electron chi connectivity index (χ1n) is 12.1. The molecular formula is C29H38O. The number of hydrogen-bond donors (Lipinski definition) is 0. The van der Waals surface area contributed by atoms with Crippen molar-refractivity contribution >= 4 is 0 Å².